The zero-order valence-electron chi connectivity index (χ0n) is 13.0. The third kappa shape index (κ3) is 11.0. The van der Waals surface area contributed by atoms with Gasteiger partial charge in [-0.2, -0.15) is 0 Å². The highest BCUT2D eigenvalue weighted by molar-refractivity contribution is 4.67. The zero-order chi connectivity index (χ0) is 14.1. The molecule has 1 N–H and O–H groups in total. The van der Waals surface area contributed by atoms with Gasteiger partial charge in [-0.15, -0.1) is 0 Å². The van der Waals surface area contributed by atoms with Crippen LogP contribution >= 0.6 is 0 Å². The lowest BCUT2D eigenvalue weighted by Gasteiger charge is -2.28. The standard InChI is InChI=1S/C14H32N2O2/c1-12(2)9-16(8-7-15(5)6)10-14(17)11-18-13(3)4/h12-14,17H,7-11H2,1-6H3. The molecule has 18 heavy (non-hydrogen) atoms. The summed E-state index contributed by atoms with van der Waals surface area (Å²) in [5, 5.41) is 9.97. The maximum Gasteiger partial charge on any atom is 0.0900 e. The van der Waals surface area contributed by atoms with E-state index >= 15 is 0 Å². The summed E-state index contributed by atoms with van der Waals surface area (Å²) in [6, 6.07) is 0. The van der Waals surface area contributed by atoms with Gasteiger partial charge in [0.05, 0.1) is 18.8 Å². The first kappa shape index (κ1) is 17.8. The molecule has 4 heteroatoms. The Morgan fingerprint density at radius 2 is 1.61 bits per heavy atom. The predicted molar refractivity (Wildman–Crippen MR) is 76.9 cm³/mol. The molecule has 1 unspecified atom stereocenters. The number of aliphatic hydroxyl groups is 1. The van der Waals surface area contributed by atoms with Gasteiger partial charge in [-0.25, -0.2) is 0 Å². The predicted octanol–water partition coefficient (Wildman–Crippen LogP) is 1.29. The molecule has 0 amide bonds. The van der Waals surface area contributed by atoms with Crippen molar-refractivity contribution in [2.45, 2.75) is 39.9 Å². The van der Waals surface area contributed by atoms with Crippen LogP contribution in [0, 0.1) is 5.92 Å². The van der Waals surface area contributed by atoms with Crippen molar-refractivity contribution in [2.75, 3.05) is 46.9 Å². The molecule has 0 aliphatic rings. The maximum atomic E-state index is 9.97. The number of likely N-dealkylation sites (N-methyl/N-ethyl adjacent to an activating group) is 1. The Morgan fingerprint density at radius 3 is 2.06 bits per heavy atom. The summed E-state index contributed by atoms with van der Waals surface area (Å²) in [5.74, 6) is 0.616. The number of hydrogen-bond donors (Lipinski definition) is 1. The van der Waals surface area contributed by atoms with Gasteiger partial charge in [0.1, 0.15) is 0 Å². The second-order valence-electron chi connectivity index (χ2n) is 5.99. The van der Waals surface area contributed by atoms with Crippen LogP contribution in [0.5, 0.6) is 0 Å². The maximum absolute atomic E-state index is 9.97. The Labute approximate surface area is 113 Å². The highest BCUT2D eigenvalue weighted by Crippen LogP contribution is 2.02. The van der Waals surface area contributed by atoms with Gasteiger partial charge in [0.15, 0.2) is 0 Å². The van der Waals surface area contributed by atoms with E-state index in [1.807, 2.05) is 13.8 Å². The molecule has 0 aliphatic carbocycles. The van der Waals surface area contributed by atoms with Gasteiger partial charge in [0.2, 0.25) is 0 Å². The molecule has 0 aliphatic heterocycles. The molecular formula is C14H32N2O2. The summed E-state index contributed by atoms with van der Waals surface area (Å²) >= 11 is 0. The van der Waals surface area contributed by atoms with Crippen molar-refractivity contribution in [3.63, 3.8) is 0 Å². The van der Waals surface area contributed by atoms with E-state index in [0.29, 0.717) is 19.1 Å². The van der Waals surface area contributed by atoms with Crippen molar-refractivity contribution >= 4 is 0 Å². The zero-order valence-corrected chi connectivity index (χ0v) is 13.0. The average Bonchev–Trinajstić information content (AvgIpc) is 2.22. The summed E-state index contributed by atoms with van der Waals surface area (Å²) in [6.07, 6.45) is -0.215. The smallest absolute Gasteiger partial charge is 0.0900 e. The molecule has 0 rings (SSSR count). The molecule has 4 nitrogen and oxygen atoms in total. The van der Waals surface area contributed by atoms with Crippen LogP contribution in [-0.2, 0) is 4.74 Å². The third-order valence-electron chi connectivity index (χ3n) is 2.58. The van der Waals surface area contributed by atoms with E-state index in [4.69, 9.17) is 4.74 Å². The summed E-state index contributed by atoms with van der Waals surface area (Å²) in [5.41, 5.74) is 0. The lowest BCUT2D eigenvalue weighted by atomic mass is 10.2. The van der Waals surface area contributed by atoms with Crippen molar-refractivity contribution < 1.29 is 9.84 Å². The highest BCUT2D eigenvalue weighted by atomic mass is 16.5. The largest absolute Gasteiger partial charge is 0.389 e. The normalized spacial score (nSPS) is 14.2. The third-order valence-corrected chi connectivity index (χ3v) is 2.58. The second-order valence-corrected chi connectivity index (χ2v) is 5.99. The highest BCUT2D eigenvalue weighted by Gasteiger charge is 2.14. The van der Waals surface area contributed by atoms with Gasteiger partial charge >= 0.3 is 0 Å². The molecule has 0 spiro atoms. The Hall–Kier alpha value is -0.160. The number of hydrogen-bond acceptors (Lipinski definition) is 4. The molecule has 0 aromatic rings. The van der Waals surface area contributed by atoms with Crippen LogP contribution in [0.1, 0.15) is 27.7 Å². The van der Waals surface area contributed by atoms with Gasteiger partial charge in [-0.05, 0) is 33.9 Å². The van der Waals surface area contributed by atoms with E-state index in [9.17, 15) is 5.11 Å². The lowest BCUT2D eigenvalue weighted by molar-refractivity contribution is -0.0102. The average molecular weight is 260 g/mol. The van der Waals surface area contributed by atoms with Crippen molar-refractivity contribution in [1.82, 2.24) is 9.80 Å². The van der Waals surface area contributed by atoms with Crippen LogP contribution in [-0.4, -0.2) is 74.0 Å². The van der Waals surface area contributed by atoms with Crippen LogP contribution in [0.4, 0.5) is 0 Å². The first-order chi connectivity index (χ1) is 8.31. The topological polar surface area (TPSA) is 35.9 Å². The quantitative estimate of drug-likeness (QED) is 0.642. The number of ether oxygens (including phenoxy) is 1. The van der Waals surface area contributed by atoms with Gasteiger partial charge < -0.3 is 14.7 Å². The second kappa shape index (κ2) is 9.73. The molecule has 0 heterocycles. The van der Waals surface area contributed by atoms with E-state index in [1.54, 1.807) is 0 Å². The molecule has 0 bridgehead atoms. The molecule has 0 radical (unpaired) electrons. The Balaban J connectivity index is 4.04. The van der Waals surface area contributed by atoms with Crippen molar-refractivity contribution in [3.8, 4) is 0 Å². The molecule has 1 atom stereocenters. The van der Waals surface area contributed by atoms with E-state index < -0.39 is 6.10 Å². The minimum atomic E-state index is -0.395. The molecule has 0 aromatic carbocycles. The number of nitrogens with zero attached hydrogens (tertiary/aromatic N) is 2. The fourth-order valence-electron chi connectivity index (χ4n) is 1.77. The fraction of sp³-hybridized carbons (Fsp3) is 1.00. The van der Waals surface area contributed by atoms with Gasteiger partial charge in [0, 0.05) is 26.2 Å². The van der Waals surface area contributed by atoms with E-state index in [1.165, 1.54) is 0 Å². The first-order valence-electron chi connectivity index (χ1n) is 6.98. The van der Waals surface area contributed by atoms with Crippen LogP contribution in [0.2, 0.25) is 0 Å². The number of rotatable bonds is 10. The van der Waals surface area contributed by atoms with Gasteiger partial charge in [-0.3, -0.25) is 4.90 Å². The summed E-state index contributed by atoms with van der Waals surface area (Å²) in [4.78, 5) is 4.49. The SMILES string of the molecule is CC(C)CN(CCN(C)C)CC(O)COC(C)C. The van der Waals surface area contributed by atoms with E-state index in [2.05, 4.69) is 37.7 Å². The molecule has 0 saturated heterocycles. The van der Waals surface area contributed by atoms with E-state index in [-0.39, 0.29) is 6.10 Å². The minimum absolute atomic E-state index is 0.181. The Morgan fingerprint density at radius 1 is 1.00 bits per heavy atom. The molecule has 0 saturated carbocycles. The molecule has 0 aromatic heterocycles. The summed E-state index contributed by atoms with van der Waals surface area (Å²) < 4.78 is 5.45. The van der Waals surface area contributed by atoms with Crippen LogP contribution in [0.3, 0.4) is 0 Å². The van der Waals surface area contributed by atoms with Crippen molar-refractivity contribution in [2.24, 2.45) is 5.92 Å². The number of aliphatic hydroxyl groups excluding tert-OH is 1. The molecule has 0 fully saturated rings. The van der Waals surface area contributed by atoms with Crippen LogP contribution in [0.25, 0.3) is 0 Å². The van der Waals surface area contributed by atoms with Gasteiger partial charge in [-0.1, -0.05) is 13.8 Å². The van der Waals surface area contributed by atoms with Crippen LogP contribution < -0.4 is 0 Å². The Bertz CT molecular complexity index is 196. The van der Waals surface area contributed by atoms with Crippen molar-refractivity contribution in [3.05, 3.63) is 0 Å². The fourth-order valence-corrected chi connectivity index (χ4v) is 1.77. The van der Waals surface area contributed by atoms with Crippen LogP contribution in [0.15, 0.2) is 0 Å². The van der Waals surface area contributed by atoms with Gasteiger partial charge in [0.25, 0.3) is 0 Å². The summed E-state index contributed by atoms with van der Waals surface area (Å²) in [7, 11) is 4.15. The minimum Gasteiger partial charge on any atom is -0.389 e. The first-order valence-corrected chi connectivity index (χ1v) is 6.98. The Kier molecular flexibility index (Phi) is 9.64. The molecular weight excluding hydrogens is 228 g/mol. The monoisotopic (exact) mass is 260 g/mol. The molecule has 110 valence electrons. The summed E-state index contributed by atoms with van der Waals surface area (Å²) in [6.45, 7) is 12.5. The lowest BCUT2D eigenvalue weighted by Crippen LogP contribution is -2.40. The van der Waals surface area contributed by atoms with Crippen molar-refractivity contribution in [1.29, 1.82) is 0 Å². The van der Waals surface area contributed by atoms with E-state index in [0.717, 1.165) is 19.6 Å².